The van der Waals surface area contributed by atoms with Crippen LogP contribution >= 0.6 is 0 Å². The molecule has 2 aliphatic heterocycles. The van der Waals surface area contributed by atoms with E-state index in [0.717, 1.165) is 0 Å². The number of epoxide rings is 1. The van der Waals surface area contributed by atoms with Crippen LogP contribution in [0.4, 0.5) is 0 Å². The summed E-state index contributed by atoms with van der Waals surface area (Å²) in [6.07, 6.45) is -4.62. The number of carbonyl (C=O) groups is 1. The summed E-state index contributed by atoms with van der Waals surface area (Å²) in [5.41, 5.74) is 0. The summed E-state index contributed by atoms with van der Waals surface area (Å²) in [5, 5.41) is 39.5. The van der Waals surface area contributed by atoms with Gasteiger partial charge in [-0.15, -0.1) is 0 Å². The van der Waals surface area contributed by atoms with E-state index in [-0.39, 0.29) is 24.7 Å². The van der Waals surface area contributed by atoms with E-state index in [1.807, 2.05) is 6.92 Å². The summed E-state index contributed by atoms with van der Waals surface area (Å²) in [6.45, 7) is 4.83. The molecule has 128 valence electrons. The fourth-order valence-corrected chi connectivity index (χ4v) is 3.00. The van der Waals surface area contributed by atoms with Crippen molar-refractivity contribution in [3.05, 3.63) is 0 Å². The zero-order valence-corrected chi connectivity index (χ0v) is 13.1. The molecule has 0 aliphatic carbocycles. The normalized spacial score (nSPS) is 42.5. The number of rotatable bonds is 6. The van der Waals surface area contributed by atoms with Gasteiger partial charge < -0.3 is 29.9 Å². The second-order valence-electron chi connectivity index (χ2n) is 6.55. The molecule has 1 unspecified atom stereocenters. The Kier molecular flexibility index (Phi) is 5.58. The highest BCUT2D eigenvalue weighted by atomic mass is 16.6. The molecule has 0 aromatic carbocycles. The van der Waals surface area contributed by atoms with Gasteiger partial charge in [-0.05, 0) is 13.8 Å². The van der Waals surface area contributed by atoms with Crippen molar-refractivity contribution in [1.29, 1.82) is 0 Å². The third kappa shape index (κ3) is 3.67. The molecule has 0 radical (unpaired) electrons. The summed E-state index contributed by atoms with van der Waals surface area (Å²) < 4.78 is 11.0. The SMILES string of the molecule is CC(=O)C(O)[C@H]1CO[C@H](C[C@@H]2O[C@H]2[C@@H](C)[C@H](C)O)[C@H](O)[C@@H]1O. The second kappa shape index (κ2) is 6.90. The topological polar surface area (TPSA) is 120 Å². The first-order chi connectivity index (χ1) is 10.2. The molecule has 4 N–H and O–H groups in total. The highest BCUT2D eigenvalue weighted by molar-refractivity contribution is 5.80. The number of Topliss-reactive ketones (excluding diaryl/α,β-unsaturated/α-hetero) is 1. The molecule has 0 spiro atoms. The monoisotopic (exact) mass is 318 g/mol. The lowest BCUT2D eigenvalue weighted by molar-refractivity contribution is -0.188. The Hall–Kier alpha value is -0.570. The van der Waals surface area contributed by atoms with Crippen molar-refractivity contribution < 1.29 is 34.7 Å². The van der Waals surface area contributed by atoms with Crippen LogP contribution in [-0.4, -0.2) is 75.5 Å². The Bertz CT molecular complexity index is 399. The van der Waals surface area contributed by atoms with E-state index in [0.29, 0.717) is 6.42 Å². The van der Waals surface area contributed by atoms with Gasteiger partial charge in [0.2, 0.25) is 0 Å². The minimum atomic E-state index is -1.34. The number of hydrogen-bond acceptors (Lipinski definition) is 7. The van der Waals surface area contributed by atoms with Gasteiger partial charge in [-0.3, -0.25) is 4.79 Å². The van der Waals surface area contributed by atoms with E-state index < -0.39 is 42.2 Å². The van der Waals surface area contributed by atoms with Gasteiger partial charge in [-0.1, -0.05) is 6.92 Å². The van der Waals surface area contributed by atoms with Crippen molar-refractivity contribution in [3.63, 3.8) is 0 Å². The molecule has 2 heterocycles. The number of aliphatic hydroxyl groups excluding tert-OH is 4. The van der Waals surface area contributed by atoms with Crippen molar-refractivity contribution in [2.75, 3.05) is 6.61 Å². The minimum absolute atomic E-state index is 0.00693. The molecule has 7 heteroatoms. The first-order valence-corrected chi connectivity index (χ1v) is 7.73. The Morgan fingerprint density at radius 3 is 2.36 bits per heavy atom. The lowest BCUT2D eigenvalue weighted by Gasteiger charge is -2.39. The molecule has 2 saturated heterocycles. The van der Waals surface area contributed by atoms with Crippen molar-refractivity contribution in [2.24, 2.45) is 11.8 Å². The van der Waals surface area contributed by atoms with E-state index in [1.165, 1.54) is 6.92 Å². The first kappa shape index (κ1) is 17.8. The van der Waals surface area contributed by atoms with Crippen molar-refractivity contribution in [3.8, 4) is 0 Å². The number of aliphatic hydroxyl groups is 4. The Morgan fingerprint density at radius 1 is 1.18 bits per heavy atom. The molecule has 0 bridgehead atoms. The van der Waals surface area contributed by atoms with E-state index in [4.69, 9.17) is 9.47 Å². The number of ether oxygens (including phenoxy) is 2. The van der Waals surface area contributed by atoms with Crippen LogP contribution in [0.1, 0.15) is 27.2 Å². The molecular weight excluding hydrogens is 292 g/mol. The molecular formula is C15H26O7. The maximum atomic E-state index is 11.2. The van der Waals surface area contributed by atoms with E-state index in [9.17, 15) is 25.2 Å². The number of ketones is 1. The number of hydrogen-bond donors (Lipinski definition) is 4. The highest BCUT2D eigenvalue weighted by Crippen LogP contribution is 2.37. The van der Waals surface area contributed by atoms with Crippen LogP contribution in [0.15, 0.2) is 0 Å². The molecule has 0 aromatic rings. The van der Waals surface area contributed by atoms with Crippen LogP contribution in [0.5, 0.6) is 0 Å². The summed E-state index contributed by atoms with van der Waals surface area (Å²) >= 11 is 0. The van der Waals surface area contributed by atoms with Gasteiger partial charge in [0, 0.05) is 18.3 Å². The summed E-state index contributed by atoms with van der Waals surface area (Å²) in [5.74, 6) is -1.30. The zero-order valence-electron chi connectivity index (χ0n) is 13.1. The lowest BCUT2D eigenvalue weighted by Crippen LogP contribution is -2.55. The maximum absolute atomic E-state index is 11.2. The summed E-state index contributed by atoms with van der Waals surface area (Å²) in [4.78, 5) is 11.2. The Balaban J connectivity index is 1.87. The summed E-state index contributed by atoms with van der Waals surface area (Å²) in [6, 6.07) is 0. The molecule has 22 heavy (non-hydrogen) atoms. The number of carbonyl (C=O) groups excluding carboxylic acids is 1. The van der Waals surface area contributed by atoms with Gasteiger partial charge in [0.15, 0.2) is 5.78 Å². The second-order valence-corrected chi connectivity index (χ2v) is 6.55. The Morgan fingerprint density at radius 2 is 1.82 bits per heavy atom. The quantitative estimate of drug-likeness (QED) is 0.456. The lowest BCUT2D eigenvalue weighted by atomic mass is 9.85. The van der Waals surface area contributed by atoms with Gasteiger partial charge in [-0.2, -0.15) is 0 Å². The average Bonchev–Trinajstić information content (AvgIpc) is 3.21. The molecule has 0 aromatic heterocycles. The highest BCUT2D eigenvalue weighted by Gasteiger charge is 2.49. The first-order valence-electron chi connectivity index (χ1n) is 7.73. The van der Waals surface area contributed by atoms with Gasteiger partial charge in [0.1, 0.15) is 12.2 Å². The van der Waals surface area contributed by atoms with Crippen molar-refractivity contribution in [2.45, 2.75) is 69.9 Å². The van der Waals surface area contributed by atoms with Crippen LogP contribution in [0.25, 0.3) is 0 Å². The minimum Gasteiger partial charge on any atom is -0.393 e. The fraction of sp³-hybridized carbons (Fsp3) is 0.933. The third-order valence-corrected chi connectivity index (χ3v) is 4.86. The van der Waals surface area contributed by atoms with Crippen LogP contribution < -0.4 is 0 Å². The van der Waals surface area contributed by atoms with Gasteiger partial charge in [0.05, 0.1) is 37.1 Å². The standard InChI is InChI=1S/C15H26O7/c1-6(7(2)16)15-11(22-15)4-10-14(20)13(19)9(5-21-10)12(18)8(3)17/h6-7,9-16,18-20H,4-5H2,1-3H3/t6-,7-,9+,10+,11-,12?,13+,14-,15-/m0/s1. The molecule has 2 aliphatic rings. The third-order valence-electron chi connectivity index (χ3n) is 4.86. The summed E-state index contributed by atoms with van der Waals surface area (Å²) in [7, 11) is 0. The molecule has 9 atom stereocenters. The van der Waals surface area contributed by atoms with Crippen LogP contribution in [-0.2, 0) is 14.3 Å². The zero-order chi connectivity index (χ0) is 16.6. The molecule has 0 saturated carbocycles. The molecule has 2 fully saturated rings. The largest absolute Gasteiger partial charge is 0.393 e. The maximum Gasteiger partial charge on any atom is 0.158 e. The van der Waals surface area contributed by atoms with Gasteiger partial charge >= 0.3 is 0 Å². The van der Waals surface area contributed by atoms with Crippen LogP contribution in [0.3, 0.4) is 0 Å². The average molecular weight is 318 g/mol. The predicted molar refractivity (Wildman–Crippen MR) is 76.1 cm³/mol. The Labute approximate surface area is 129 Å². The van der Waals surface area contributed by atoms with Crippen LogP contribution in [0, 0.1) is 11.8 Å². The molecule has 0 amide bonds. The molecule has 7 nitrogen and oxygen atoms in total. The predicted octanol–water partition coefficient (Wildman–Crippen LogP) is -1.15. The smallest absolute Gasteiger partial charge is 0.158 e. The molecule has 2 rings (SSSR count). The van der Waals surface area contributed by atoms with Crippen molar-refractivity contribution >= 4 is 5.78 Å². The van der Waals surface area contributed by atoms with Crippen LogP contribution in [0.2, 0.25) is 0 Å². The fourth-order valence-electron chi connectivity index (χ4n) is 3.00. The van der Waals surface area contributed by atoms with E-state index in [1.54, 1.807) is 6.92 Å². The van der Waals surface area contributed by atoms with Gasteiger partial charge in [0.25, 0.3) is 0 Å². The van der Waals surface area contributed by atoms with E-state index >= 15 is 0 Å². The van der Waals surface area contributed by atoms with Crippen molar-refractivity contribution in [1.82, 2.24) is 0 Å². The van der Waals surface area contributed by atoms with E-state index in [2.05, 4.69) is 0 Å². The van der Waals surface area contributed by atoms with Gasteiger partial charge in [-0.25, -0.2) is 0 Å².